The van der Waals surface area contributed by atoms with Crippen LogP contribution >= 0.6 is 0 Å². The number of nitrogens with zero attached hydrogens (tertiary/aromatic N) is 3. The molecule has 0 bridgehead atoms. The molecule has 3 heterocycles. The molecule has 2 fully saturated rings. The number of likely N-dealkylation sites (tertiary alicyclic amines) is 2. The number of amides is 1. The number of piperidine rings is 2. The lowest BCUT2D eigenvalue weighted by molar-refractivity contribution is -0.139. The molecule has 2 saturated heterocycles. The molecule has 25 heavy (non-hydrogen) atoms. The van der Waals surface area contributed by atoms with Crippen LogP contribution in [0.5, 0.6) is 0 Å². The summed E-state index contributed by atoms with van der Waals surface area (Å²) < 4.78 is 5.14. The zero-order valence-electron chi connectivity index (χ0n) is 15.2. The lowest BCUT2D eigenvalue weighted by Crippen LogP contribution is -2.54. The largest absolute Gasteiger partial charge is 0.385 e. The molecule has 2 aliphatic heterocycles. The maximum absolute atomic E-state index is 12.3. The van der Waals surface area contributed by atoms with Gasteiger partial charge in [0.05, 0.1) is 0 Å². The van der Waals surface area contributed by atoms with Crippen LogP contribution in [0.4, 0.5) is 5.82 Å². The van der Waals surface area contributed by atoms with Gasteiger partial charge in [0.25, 0.3) is 0 Å². The van der Waals surface area contributed by atoms with Crippen molar-refractivity contribution in [1.82, 2.24) is 14.8 Å². The van der Waals surface area contributed by atoms with Crippen LogP contribution in [-0.2, 0) is 16.1 Å². The summed E-state index contributed by atoms with van der Waals surface area (Å²) in [6.07, 6.45) is 6.72. The first-order valence-corrected chi connectivity index (χ1v) is 9.30. The van der Waals surface area contributed by atoms with E-state index < -0.39 is 0 Å². The van der Waals surface area contributed by atoms with E-state index in [2.05, 4.69) is 20.9 Å². The summed E-state index contributed by atoms with van der Waals surface area (Å²) in [4.78, 5) is 21.0. The van der Waals surface area contributed by atoms with Crippen molar-refractivity contribution in [3.63, 3.8) is 0 Å². The van der Waals surface area contributed by atoms with Crippen molar-refractivity contribution in [2.24, 2.45) is 5.41 Å². The molecule has 2 N–H and O–H groups in total. The third kappa shape index (κ3) is 4.50. The molecule has 2 aliphatic rings. The summed E-state index contributed by atoms with van der Waals surface area (Å²) in [6, 6.07) is 4.01. The highest BCUT2D eigenvalue weighted by atomic mass is 16.5. The average molecular weight is 346 g/mol. The maximum atomic E-state index is 12.3. The minimum absolute atomic E-state index is 0.232. The SMILES string of the molecule is COCCCN1C[C@]2(CCCN(Cc3cccnc3N)C2)CCC1=O. The fraction of sp³-hybridized carbons (Fsp3) is 0.684. The van der Waals surface area contributed by atoms with E-state index >= 15 is 0 Å². The molecule has 6 nitrogen and oxygen atoms in total. The molecule has 0 radical (unpaired) electrons. The third-order valence-electron chi connectivity index (χ3n) is 5.59. The molecule has 1 atom stereocenters. The monoisotopic (exact) mass is 346 g/mol. The lowest BCUT2D eigenvalue weighted by Gasteiger charge is -2.48. The Labute approximate surface area is 150 Å². The van der Waals surface area contributed by atoms with Gasteiger partial charge in [0.1, 0.15) is 5.82 Å². The fourth-order valence-corrected chi connectivity index (χ4v) is 4.31. The zero-order chi connectivity index (χ0) is 17.7. The predicted octanol–water partition coefficient (Wildman–Crippen LogP) is 1.90. The van der Waals surface area contributed by atoms with Crippen molar-refractivity contribution < 1.29 is 9.53 Å². The molecule has 0 aromatic carbocycles. The van der Waals surface area contributed by atoms with Crippen LogP contribution < -0.4 is 5.73 Å². The van der Waals surface area contributed by atoms with Gasteiger partial charge in [-0.3, -0.25) is 9.69 Å². The van der Waals surface area contributed by atoms with E-state index in [4.69, 9.17) is 10.5 Å². The van der Waals surface area contributed by atoms with Crippen molar-refractivity contribution in [2.75, 3.05) is 45.6 Å². The normalized spacial score (nSPS) is 24.8. The first kappa shape index (κ1) is 18.1. The standard InChI is InChI=1S/C19H30N4O2/c1-25-12-4-11-23-15-19(8-6-17(23)24)7-3-10-22(14-19)13-16-5-2-9-21-18(16)20/h2,5,9H,3-4,6-8,10-15H2,1H3,(H2,20,21)/t19-/m1/s1. The third-order valence-corrected chi connectivity index (χ3v) is 5.59. The van der Waals surface area contributed by atoms with Crippen LogP contribution in [0.1, 0.15) is 37.7 Å². The highest BCUT2D eigenvalue weighted by Gasteiger charge is 2.41. The second-order valence-corrected chi connectivity index (χ2v) is 7.52. The van der Waals surface area contributed by atoms with Gasteiger partial charge in [-0.1, -0.05) is 6.07 Å². The number of nitrogens with two attached hydrogens (primary N) is 1. The number of ether oxygens (including phenoxy) is 1. The van der Waals surface area contributed by atoms with E-state index in [0.717, 1.165) is 51.1 Å². The van der Waals surface area contributed by atoms with Gasteiger partial charge in [0.2, 0.25) is 5.91 Å². The van der Waals surface area contributed by atoms with Crippen molar-refractivity contribution in [1.29, 1.82) is 0 Å². The van der Waals surface area contributed by atoms with Crippen molar-refractivity contribution in [2.45, 2.75) is 38.6 Å². The van der Waals surface area contributed by atoms with Crippen molar-refractivity contribution in [3.05, 3.63) is 23.9 Å². The Morgan fingerprint density at radius 3 is 3.04 bits per heavy atom. The van der Waals surface area contributed by atoms with Gasteiger partial charge in [-0.15, -0.1) is 0 Å². The maximum Gasteiger partial charge on any atom is 0.222 e. The van der Waals surface area contributed by atoms with Gasteiger partial charge in [-0.05, 0) is 38.3 Å². The van der Waals surface area contributed by atoms with E-state index in [9.17, 15) is 4.79 Å². The summed E-state index contributed by atoms with van der Waals surface area (Å²) in [7, 11) is 1.71. The molecular formula is C19H30N4O2. The van der Waals surface area contributed by atoms with E-state index in [-0.39, 0.29) is 5.41 Å². The average Bonchev–Trinajstić information content (AvgIpc) is 2.61. The molecular weight excluding hydrogens is 316 g/mol. The number of pyridine rings is 1. The smallest absolute Gasteiger partial charge is 0.222 e. The first-order chi connectivity index (χ1) is 12.1. The van der Waals surface area contributed by atoms with Crippen LogP contribution in [0, 0.1) is 5.41 Å². The van der Waals surface area contributed by atoms with Crippen LogP contribution in [0.3, 0.4) is 0 Å². The Balaban J connectivity index is 1.63. The Morgan fingerprint density at radius 1 is 1.36 bits per heavy atom. The van der Waals surface area contributed by atoms with E-state index in [1.54, 1.807) is 13.3 Å². The number of nitrogen functional groups attached to an aromatic ring is 1. The summed E-state index contributed by atoms with van der Waals surface area (Å²) in [5.41, 5.74) is 7.35. The van der Waals surface area contributed by atoms with Crippen LogP contribution in [-0.4, -0.2) is 60.6 Å². The number of carbonyl (C=O) groups excluding carboxylic acids is 1. The molecule has 0 unspecified atom stereocenters. The molecule has 1 amide bonds. The van der Waals surface area contributed by atoms with Gasteiger partial charge in [0, 0.05) is 63.5 Å². The van der Waals surface area contributed by atoms with E-state index in [0.29, 0.717) is 24.8 Å². The topological polar surface area (TPSA) is 71.7 Å². The highest BCUT2D eigenvalue weighted by molar-refractivity contribution is 5.77. The van der Waals surface area contributed by atoms with Crippen LogP contribution in [0.25, 0.3) is 0 Å². The number of hydrogen-bond acceptors (Lipinski definition) is 5. The Kier molecular flexibility index (Phi) is 5.91. The quantitative estimate of drug-likeness (QED) is 0.797. The van der Waals surface area contributed by atoms with Crippen molar-refractivity contribution in [3.8, 4) is 0 Å². The fourth-order valence-electron chi connectivity index (χ4n) is 4.31. The number of hydrogen-bond donors (Lipinski definition) is 1. The lowest BCUT2D eigenvalue weighted by atomic mass is 9.73. The molecule has 1 spiro atoms. The number of anilines is 1. The van der Waals surface area contributed by atoms with Gasteiger partial charge in [-0.25, -0.2) is 4.98 Å². The van der Waals surface area contributed by atoms with Crippen molar-refractivity contribution >= 4 is 11.7 Å². The zero-order valence-corrected chi connectivity index (χ0v) is 15.2. The first-order valence-electron chi connectivity index (χ1n) is 9.30. The molecule has 1 aromatic heterocycles. The van der Waals surface area contributed by atoms with Gasteiger partial charge < -0.3 is 15.4 Å². The molecule has 0 aliphatic carbocycles. The molecule has 6 heteroatoms. The molecule has 0 saturated carbocycles. The summed E-state index contributed by atoms with van der Waals surface area (Å²) >= 11 is 0. The highest BCUT2D eigenvalue weighted by Crippen LogP contribution is 2.39. The minimum Gasteiger partial charge on any atom is -0.385 e. The number of methoxy groups -OCH3 is 1. The summed E-state index contributed by atoms with van der Waals surface area (Å²) in [5, 5.41) is 0. The Bertz CT molecular complexity index is 595. The van der Waals surface area contributed by atoms with E-state index in [1.165, 1.54) is 12.8 Å². The summed E-state index contributed by atoms with van der Waals surface area (Å²) in [6.45, 7) is 5.38. The molecule has 3 rings (SSSR count). The van der Waals surface area contributed by atoms with Crippen LogP contribution in [0.2, 0.25) is 0 Å². The van der Waals surface area contributed by atoms with E-state index in [1.807, 2.05) is 6.07 Å². The second-order valence-electron chi connectivity index (χ2n) is 7.52. The van der Waals surface area contributed by atoms with Gasteiger partial charge in [0.15, 0.2) is 0 Å². The second kappa shape index (κ2) is 8.15. The number of carbonyl (C=O) groups is 1. The molecule has 1 aromatic rings. The Morgan fingerprint density at radius 2 is 2.24 bits per heavy atom. The molecule has 138 valence electrons. The number of aromatic nitrogens is 1. The number of rotatable bonds is 6. The minimum atomic E-state index is 0.232. The van der Waals surface area contributed by atoms with Gasteiger partial charge >= 0.3 is 0 Å². The summed E-state index contributed by atoms with van der Waals surface area (Å²) in [5.74, 6) is 0.928. The van der Waals surface area contributed by atoms with Gasteiger partial charge in [-0.2, -0.15) is 0 Å². The predicted molar refractivity (Wildman–Crippen MR) is 97.9 cm³/mol. The van der Waals surface area contributed by atoms with Crippen LogP contribution in [0.15, 0.2) is 18.3 Å². The Hall–Kier alpha value is -1.66.